The molecule has 0 aromatic heterocycles. The third-order valence-corrected chi connectivity index (χ3v) is 4.18. The van der Waals surface area contributed by atoms with Gasteiger partial charge in [-0.1, -0.05) is 24.6 Å². The van der Waals surface area contributed by atoms with E-state index < -0.39 is 5.82 Å². The standard InChI is InChI=1S/C14H18ClFN2O/c1-9-4-3-7-18(12(9)8-17)14(19)10-5-2-6-11(16)13(10)15/h2,5-6,9,12H,3-4,7-8,17H2,1H3/t9-,12-/m0/s1. The maximum atomic E-state index is 13.4. The topological polar surface area (TPSA) is 46.3 Å². The quantitative estimate of drug-likeness (QED) is 0.907. The largest absolute Gasteiger partial charge is 0.334 e. The molecule has 1 amide bonds. The first kappa shape index (κ1) is 14.3. The lowest BCUT2D eigenvalue weighted by Gasteiger charge is -2.39. The molecule has 1 heterocycles. The highest BCUT2D eigenvalue weighted by molar-refractivity contribution is 6.34. The van der Waals surface area contributed by atoms with Crippen LogP contribution in [-0.2, 0) is 0 Å². The Morgan fingerprint density at radius 3 is 3.00 bits per heavy atom. The van der Waals surface area contributed by atoms with E-state index in [4.69, 9.17) is 17.3 Å². The van der Waals surface area contributed by atoms with E-state index >= 15 is 0 Å². The molecule has 0 aliphatic carbocycles. The molecule has 0 spiro atoms. The molecule has 1 aliphatic rings. The van der Waals surface area contributed by atoms with Crippen molar-refractivity contribution in [2.45, 2.75) is 25.8 Å². The molecule has 1 fully saturated rings. The van der Waals surface area contributed by atoms with Gasteiger partial charge in [0.1, 0.15) is 5.82 Å². The van der Waals surface area contributed by atoms with Crippen LogP contribution in [0.2, 0.25) is 5.02 Å². The fourth-order valence-electron chi connectivity index (χ4n) is 2.68. The molecule has 1 aliphatic heterocycles. The zero-order valence-corrected chi connectivity index (χ0v) is 11.7. The van der Waals surface area contributed by atoms with Crippen LogP contribution in [0.3, 0.4) is 0 Å². The average Bonchev–Trinajstić information content (AvgIpc) is 2.41. The van der Waals surface area contributed by atoms with Crippen molar-refractivity contribution >= 4 is 17.5 Å². The molecule has 2 N–H and O–H groups in total. The van der Waals surface area contributed by atoms with Crippen molar-refractivity contribution in [3.63, 3.8) is 0 Å². The van der Waals surface area contributed by atoms with E-state index in [1.165, 1.54) is 12.1 Å². The Morgan fingerprint density at radius 1 is 1.58 bits per heavy atom. The van der Waals surface area contributed by atoms with Crippen LogP contribution in [0.1, 0.15) is 30.1 Å². The number of halogens is 2. The molecule has 0 unspecified atom stereocenters. The summed E-state index contributed by atoms with van der Waals surface area (Å²) in [5.41, 5.74) is 5.98. The van der Waals surface area contributed by atoms with Crippen molar-refractivity contribution in [1.82, 2.24) is 4.90 Å². The molecule has 2 atom stereocenters. The second-order valence-corrected chi connectivity index (χ2v) is 5.40. The summed E-state index contributed by atoms with van der Waals surface area (Å²) in [5, 5.41) is -0.110. The molecule has 104 valence electrons. The van der Waals surface area contributed by atoms with Gasteiger partial charge in [-0.3, -0.25) is 4.79 Å². The molecule has 0 radical (unpaired) electrons. The van der Waals surface area contributed by atoms with Crippen molar-refractivity contribution in [1.29, 1.82) is 0 Å². The summed E-state index contributed by atoms with van der Waals surface area (Å²) in [6.45, 7) is 3.15. The van der Waals surface area contributed by atoms with Gasteiger partial charge in [0.15, 0.2) is 0 Å². The van der Waals surface area contributed by atoms with E-state index in [9.17, 15) is 9.18 Å². The van der Waals surface area contributed by atoms with Gasteiger partial charge in [-0.15, -0.1) is 0 Å². The van der Waals surface area contributed by atoms with E-state index in [0.717, 1.165) is 12.8 Å². The van der Waals surface area contributed by atoms with Gasteiger partial charge in [0.05, 0.1) is 10.6 Å². The zero-order chi connectivity index (χ0) is 14.0. The Morgan fingerprint density at radius 2 is 2.32 bits per heavy atom. The summed E-state index contributed by atoms with van der Waals surface area (Å²) in [4.78, 5) is 14.2. The first-order valence-electron chi connectivity index (χ1n) is 6.51. The summed E-state index contributed by atoms with van der Waals surface area (Å²) >= 11 is 5.88. The number of amides is 1. The number of nitrogens with zero attached hydrogens (tertiary/aromatic N) is 1. The minimum absolute atomic E-state index is 0.000541. The van der Waals surface area contributed by atoms with Crippen LogP contribution in [0.15, 0.2) is 18.2 Å². The molecule has 5 heteroatoms. The van der Waals surface area contributed by atoms with Crippen LogP contribution in [-0.4, -0.2) is 29.9 Å². The van der Waals surface area contributed by atoms with Crippen LogP contribution in [0.5, 0.6) is 0 Å². The van der Waals surface area contributed by atoms with Crippen LogP contribution in [0.25, 0.3) is 0 Å². The Labute approximate surface area is 117 Å². The van der Waals surface area contributed by atoms with Crippen LogP contribution in [0.4, 0.5) is 4.39 Å². The van der Waals surface area contributed by atoms with E-state index in [1.54, 1.807) is 11.0 Å². The minimum atomic E-state index is -0.568. The first-order chi connectivity index (χ1) is 9.06. The van der Waals surface area contributed by atoms with Crippen LogP contribution >= 0.6 is 11.6 Å². The summed E-state index contributed by atoms with van der Waals surface area (Å²) in [5.74, 6) is -0.441. The third-order valence-electron chi connectivity index (χ3n) is 3.80. The van der Waals surface area contributed by atoms with Gasteiger partial charge in [0.25, 0.3) is 5.91 Å². The molecular weight excluding hydrogens is 267 g/mol. The number of likely N-dealkylation sites (tertiary alicyclic amines) is 1. The number of benzene rings is 1. The second kappa shape index (κ2) is 5.88. The fourth-order valence-corrected chi connectivity index (χ4v) is 2.89. The molecule has 19 heavy (non-hydrogen) atoms. The third kappa shape index (κ3) is 2.74. The van der Waals surface area contributed by atoms with E-state index in [0.29, 0.717) is 19.0 Å². The van der Waals surface area contributed by atoms with E-state index in [1.807, 2.05) is 0 Å². The lowest BCUT2D eigenvalue weighted by molar-refractivity contribution is 0.0532. The van der Waals surface area contributed by atoms with Gasteiger partial charge < -0.3 is 10.6 Å². The highest BCUT2D eigenvalue weighted by Crippen LogP contribution is 2.27. The average molecular weight is 285 g/mol. The predicted octanol–water partition coefficient (Wildman–Crippen LogP) is 2.68. The van der Waals surface area contributed by atoms with E-state index in [-0.39, 0.29) is 22.5 Å². The number of rotatable bonds is 2. The molecule has 0 saturated carbocycles. The van der Waals surface area contributed by atoms with E-state index in [2.05, 4.69) is 6.92 Å². The van der Waals surface area contributed by atoms with Crippen molar-refractivity contribution in [3.05, 3.63) is 34.6 Å². The number of carbonyl (C=O) groups is 1. The fraction of sp³-hybridized carbons (Fsp3) is 0.500. The molecule has 1 saturated heterocycles. The predicted molar refractivity (Wildman–Crippen MR) is 73.7 cm³/mol. The molecule has 2 rings (SSSR count). The van der Waals surface area contributed by atoms with Gasteiger partial charge in [0, 0.05) is 19.1 Å². The van der Waals surface area contributed by atoms with Crippen molar-refractivity contribution in [2.75, 3.05) is 13.1 Å². The maximum Gasteiger partial charge on any atom is 0.255 e. The maximum absolute atomic E-state index is 13.4. The number of carbonyl (C=O) groups excluding carboxylic acids is 1. The lowest BCUT2D eigenvalue weighted by atomic mass is 9.90. The Hall–Kier alpha value is -1.13. The Kier molecular flexibility index (Phi) is 4.42. The van der Waals surface area contributed by atoms with Gasteiger partial charge >= 0.3 is 0 Å². The van der Waals surface area contributed by atoms with Gasteiger partial charge in [-0.05, 0) is 30.9 Å². The number of nitrogens with two attached hydrogens (primary N) is 1. The molecule has 0 bridgehead atoms. The second-order valence-electron chi connectivity index (χ2n) is 5.02. The summed E-state index contributed by atoms with van der Waals surface area (Å²) in [7, 11) is 0. The van der Waals surface area contributed by atoms with Crippen LogP contribution in [0, 0.1) is 11.7 Å². The Balaban J connectivity index is 2.29. The van der Waals surface area contributed by atoms with Gasteiger partial charge in [-0.2, -0.15) is 0 Å². The highest BCUT2D eigenvalue weighted by atomic mass is 35.5. The summed E-state index contributed by atoms with van der Waals surface area (Å²) in [6, 6.07) is 4.30. The molecular formula is C14H18ClFN2O. The highest BCUT2D eigenvalue weighted by Gasteiger charge is 2.32. The van der Waals surface area contributed by atoms with Crippen molar-refractivity contribution < 1.29 is 9.18 Å². The normalized spacial score (nSPS) is 23.5. The van der Waals surface area contributed by atoms with Crippen molar-refractivity contribution in [3.8, 4) is 0 Å². The minimum Gasteiger partial charge on any atom is -0.334 e. The van der Waals surface area contributed by atoms with Crippen LogP contribution < -0.4 is 5.73 Å². The molecule has 3 nitrogen and oxygen atoms in total. The van der Waals surface area contributed by atoms with Gasteiger partial charge in [-0.25, -0.2) is 4.39 Å². The summed E-state index contributed by atoms with van der Waals surface area (Å²) in [6.07, 6.45) is 2.00. The first-order valence-corrected chi connectivity index (χ1v) is 6.89. The number of piperidine rings is 1. The number of hydrogen-bond donors (Lipinski definition) is 1. The SMILES string of the molecule is C[C@H]1CCCN(C(=O)c2cccc(F)c2Cl)[C@H]1CN. The number of hydrogen-bond acceptors (Lipinski definition) is 2. The smallest absolute Gasteiger partial charge is 0.255 e. The molecule has 1 aromatic rings. The van der Waals surface area contributed by atoms with Gasteiger partial charge in [0.2, 0.25) is 0 Å². The monoisotopic (exact) mass is 284 g/mol. The molecule has 1 aromatic carbocycles. The summed E-state index contributed by atoms with van der Waals surface area (Å²) < 4.78 is 13.4. The Bertz CT molecular complexity index is 481. The van der Waals surface area contributed by atoms with Crippen molar-refractivity contribution in [2.24, 2.45) is 11.7 Å². The lowest BCUT2D eigenvalue weighted by Crippen LogP contribution is -2.51. The zero-order valence-electron chi connectivity index (χ0n) is 10.9.